The van der Waals surface area contributed by atoms with Crippen molar-refractivity contribution in [2.75, 3.05) is 0 Å². The van der Waals surface area contributed by atoms with Gasteiger partial charge in [0.2, 0.25) is 5.91 Å². The number of halogens is 2. The second-order valence-corrected chi connectivity index (χ2v) is 6.63. The molecule has 1 saturated heterocycles. The number of carbonyl (C=O) groups is 2. The van der Waals surface area contributed by atoms with Crippen LogP contribution < -0.4 is 5.32 Å². The van der Waals surface area contributed by atoms with Gasteiger partial charge in [-0.3, -0.25) is 9.69 Å². The Morgan fingerprint density at radius 1 is 1.22 bits per heavy atom. The molecule has 3 fully saturated rings. The van der Waals surface area contributed by atoms with Gasteiger partial charge in [0.25, 0.3) is 0 Å². The number of nitrogens with one attached hydrogen (secondary N) is 1. The van der Waals surface area contributed by atoms with E-state index in [0.717, 1.165) is 12.5 Å². The third-order valence-electron chi connectivity index (χ3n) is 5.11. The van der Waals surface area contributed by atoms with Crippen LogP contribution in [0.25, 0.3) is 0 Å². The van der Waals surface area contributed by atoms with Crippen molar-refractivity contribution in [3.63, 3.8) is 0 Å². The average molecular weight is 322 g/mol. The molecule has 4 rings (SSSR count). The molecule has 2 unspecified atom stereocenters. The lowest BCUT2D eigenvalue weighted by Crippen LogP contribution is -2.48. The van der Waals surface area contributed by atoms with Crippen LogP contribution in [0.5, 0.6) is 0 Å². The summed E-state index contributed by atoms with van der Waals surface area (Å²) in [5.41, 5.74) is 0.390. The zero-order valence-electron chi connectivity index (χ0n) is 12.2. The topological polar surface area (TPSA) is 69.6 Å². The van der Waals surface area contributed by atoms with Crippen LogP contribution in [0.15, 0.2) is 18.2 Å². The molecular weight excluding hydrogens is 306 g/mol. The molecule has 0 radical (unpaired) electrons. The molecule has 2 amide bonds. The predicted molar refractivity (Wildman–Crippen MR) is 75.8 cm³/mol. The van der Waals surface area contributed by atoms with Crippen LogP contribution in [0.4, 0.5) is 13.6 Å². The summed E-state index contributed by atoms with van der Waals surface area (Å²) in [5, 5.41) is 12.0. The van der Waals surface area contributed by atoms with Crippen molar-refractivity contribution in [3.8, 4) is 0 Å². The molecule has 0 spiro atoms. The van der Waals surface area contributed by atoms with Gasteiger partial charge in [0, 0.05) is 24.1 Å². The number of likely N-dealkylation sites (tertiary alicyclic amines) is 1. The summed E-state index contributed by atoms with van der Waals surface area (Å²) in [5.74, 6) is -1.43. The Labute approximate surface area is 131 Å². The molecule has 7 heteroatoms. The first kappa shape index (κ1) is 14.4. The van der Waals surface area contributed by atoms with Crippen molar-refractivity contribution >= 4 is 12.0 Å². The Bertz CT molecular complexity index is 696. The number of carbonyl (C=O) groups excluding carboxylic acids is 1. The van der Waals surface area contributed by atoms with Crippen molar-refractivity contribution in [1.82, 2.24) is 10.2 Å². The summed E-state index contributed by atoms with van der Waals surface area (Å²) >= 11 is 0. The Morgan fingerprint density at radius 3 is 2.70 bits per heavy atom. The van der Waals surface area contributed by atoms with Crippen LogP contribution in [0, 0.1) is 17.6 Å². The third-order valence-corrected chi connectivity index (χ3v) is 5.11. The van der Waals surface area contributed by atoms with E-state index in [4.69, 9.17) is 0 Å². The highest BCUT2D eigenvalue weighted by Gasteiger charge is 2.57. The monoisotopic (exact) mass is 322 g/mol. The summed E-state index contributed by atoms with van der Waals surface area (Å²) in [7, 11) is 0. The van der Waals surface area contributed by atoms with E-state index in [-0.39, 0.29) is 23.9 Å². The first-order valence-electron chi connectivity index (χ1n) is 7.72. The maximum atomic E-state index is 13.7. The molecule has 5 nitrogen and oxygen atoms in total. The van der Waals surface area contributed by atoms with E-state index in [1.165, 1.54) is 17.0 Å². The molecule has 1 aliphatic heterocycles. The number of nitrogens with zero attached hydrogens (tertiary/aromatic N) is 1. The normalized spacial score (nSPS) is 34.0. The SMILES string of the molecule is O=C(NC1CC1c1ccc(F)cc1F)[C@@H]1C[C@H]2C[C@H]2N1C(=O)O. The number of fused-ring (bicyclic) bond motifs is 1. The highest BCUT2D eigenvalue weighted by Crippen LogP contribution is 2.48. The van der Waals surface area contributed by atoms with E-state index >= 15 is 0 Å². The van der Waals surface area contributed by atoms with Crippen molar-refractivity contribution in [3.05, 3.63) is 35.4 Å². The van der Waals surface area contributed by atoms with Gasteiger partial charge in [-0.2, -0.15) is 0 Å². The van der Waals surface area contributed by atoms with Gasteiger partial charge in [0.05, 0.1) is 0 Å². The highest BCUT2D eigenvalue weighted by atomic mass is 19.1. The van der Waals surface area contributed by atoms with Crippen molar-refractivity contribution < 1.29 is 23.5 Å². The minimum Gasteiger partial charge on any atom is -0.465 e. The first-order chi connectivity index (χ1) is 11.0. The molecule has 0 aromatic heterocycles. The molecular formula is C16H16F2N2O3. The summed E-state index contributed by atoms with van der Waals surface area (Å²) in [6.07, 6.45) is 0.918. The summed E-state index contributed by atoms with van der Waals surface area (Å²) in [6, 6.07) is 2.56. The molecule has 0 bridgehead atoms. The van der Waals surface area contributed by atoms with Gasteiger partial charge in [0.15, 0.2) is 0 Å². The Kier molecular flexibility index (Phi) is 3.08. The lowest BCUT2D eigenvalue weighted by molar-refractivity contribution is -0.125. The fourth-order valence-corrected chi connectivity index (χ4v) is 3.74. The standard InChI is InChI=1S/C16H16F2N2O3/c17-8-1-2-9(11(18)5-8)10-6-12(10)19-15(21)14-4-7-3-13(7)20(14)16(22)23/h1-2,5,7,10,12-14H,3-4,6H2,(H,19,21)(H,22,23)/t7-,10?,12?,13-,14+/m1/s1. The van der Waals surface area contributed by atoms with E-state index in [0.29, 0.717) is 24.3 Å². The van der Waals surface area contributed by atoms with Crippen LogP contribution in [0.1, 0.15) is 30.7 Å². The van der Waals surface area contributed by atoms with Gasteiger partial charge in [-0.15, -0.1) is 0 Å². The van der Waals surface area contributed by atoms with Crippen LogP contribution in [0.2, 0.25) is 0 Å². The van der Waals surface area contributed by atoms with Crippen LogP contribution in [-0.2, 0) is 4.79 Å². The zero-order valence-corrected chi connectivity index (χ0v) is 12.2. The average Bonchev–Trinajstić information content (AvgIpc) is 3.37. The molecule has 1 aromatic rings. The Morgan fingerprint density at radius 2 is 2.00 bits per heavy atom. The molecule has 2 N–H and O–H groups in total. The van der Waals surface area contributed by atoms with Crippen LogP contribution >= 0.6 is 0 Å². The number of hydrogen-bond donors (Lipinski definition) is 2. The minimum atomic E-state index is -1.06. The second-order valence-electron chi connectivity index (χ2n) is 6.63. The predicted octanol–water partition coefficient (Wildman–Crippen LogP) is 2.08. The third kappa shape index (κ3) is 2.44. The highest BCUT2D eigenvalue weighted by molar-refractivity contribution is 5.87. The van der Waals surface area contributed by atoms with Crippen molar-refractivity contribution in [2.24, 2.45) is 5.92 Å². The number of piperidine rings is 1. The van der Waals surface area contributed by atoms with E-state index < -0.39 is 23.8 Å². The summed E-state index contributed by atoms with van der Waals surface area (Å²) in [4.78, 5) is 24.8. The fraction of sp³-hybridized carbons (Fsp3) is 0.500. The van der Waals surface area contributed by atoms with Crippen molar-refractivity contribution in [1.29, 1.82) is 0 Å². The van der Waals surface area contributed by atoms with Crippen LogP contribution in [0.3, 0.4) is 0 Å². The molecule has 1 heterocycles. The van der Waals surface area contributed by atoms with Gasteiger partial charge >= 0.3 is 6.09 Å². The fourth-order valence-electron chi connectivity index (χ4n) is 3.74. The summed E-state index contributed by atoms with van der Waals surface area (Å²) < 4.78 is 26.7. The van der Waals surface area contributed by atoms with Gasteiger partial charge in [-0.05, 0) is 36.8 Å². The van der Waals surface area contributed by atoms with Gasteiger partial charge in [-0.25, -0.2) is 13.6 Å². The van der Waals surface area contributed by atoms with E-state index in [9.17, 15) is 23.5 Å². The van der Waals surface area contributed by atoms with E-state index in [1.54, 1.807) is 0 Å². The van der Waals surface area contributed by atoms with Gasteiger partial charge < -0.3 is 10.4 Å². The summed E-state index contributed by atoms with van der Waals surface area (Å²) in [6.45, 7) is 0. The molecule has 5 atom stereocenters. The molecule has 2 aliphatic carbocycles. The molecule has 1 aromatic carbocycles. The molecule has 3 aliphatic rings. The largest absolute Gasteiger partial charge is 0.465 e. The first-order valence-corrected chi connectivity index (χ1v) is 7.72. The molecule has 2 saturated carbocycles. The van der Waals surface area contributed by atoms with Gasteiger partial charge in [-0.1, -0.05) is 6.07 Å². The van der Waals surface area contributed by atoms with E-state index in [1.807, 2.05) is 0 Å². The number of rotatable bonds is 3. The van der Waals surface area contributed by atoms with Gasteiger partial charge in [0.1, 0.15) is 17.7 Å². The maximum Gasteiger partial charge on any atom is 0.408 e. The zero-order chi connectivity index (χ0) is 16.3. The van der Waals surface area contributed by atoms with Crippen LogP contribution in [-0.4, -0.2) is 40.1 Å². The molecule has 23 heavy (non-hydrogen) atoms. The smallest absolute Gasteiger partial charge is 0.408 e. The number of hydrogen-bond acceptors (Lipinski definition) is 2. The molecule has 122 valence electrons. The Balaban J connectivity index is 1.40. The second kappa shape index (κ2) is 4.91. The van der Waals surface area contributed by atoms with Crippen molar-refractivity contribution in [2.45, 2.75) is 43.3 Å². The van der Waals surface area contributed by atoms with E-state index in [2.05, 4.69) is 5.32 Å². The quantitative estimate of drug-likeness (QED) is 0.895. The number of amides is 2. The lowest BCUT2D eigenvalue weighted by atomic mass is 10.1. The minimum absolute atomic E-state index is 0.0206. The maximum absolute atomic E-state index is 13.7. The number of carboxylic acid groups (broad SMARTS) is 1. The Hall–Kier alpha value is -2.18. The number of benzene rings is 1. The lowest BCUT2D eigenvalue weighted by Gasteiger charge is -2.23.